The largest absolute Gasteiger partial charge is 0.398 e. The molecular weight excluding hydrogens is 267 g/mol. The average molecular weight is 280 g/mol. The molecule has 2 rings (SSSR count). The molecule has 0 aliphatic heterocycles. The normalized spacial score (nSPS) is 11.3. The van der Waals surface area contributed by atoms with Crippen molar-refractivity contribution in [3.63, 3.8) is 0 Å². The summed E-state index contributed by atoms with van der Waals surface area (Å²) in [6, 6.07) is 9.94. The van der Waals surface area contributed by atoms with Gasteiger partial charge in [-0.2, -0.15) is 0 Å². The van der Waals surface area contributed by atoms with Gasteiger partial charge < -0.3 is 5.73 Å². The first kappa shape index (κ1) is 13.4. The highest BCUT2D eigenvalue weighted by Crippen LogP contribution is 2.21. The first-order valence-electron chi connectivity index (χ1n) is 5.53. The third-order valence-electron chi connectivity index (χ3n) is 2.68. The molecule has 0 aliphatic rings. The number of para-hydroxylation sites is 1. The lowest BCUT2D eigenvalue weighted by molar-refractivity contribution is 0.598. The van der Waals surface area contributed by atoms with Crippen LogP contribution in [0, 0.1) is 12.7 Å². The van der Waals surface area contributed by atoms with Crippen molar-refractivity contribution in [1.29, 1.82) is 0 Å². The minimum atomic E-state index is -3.85. The number of nitrogens with one attached hydrogen (secondary N) is 1. The van der Waals surface area contributed by atoms with Crippen LogP contribution in [-0.2, 0) is 10.0 Å². The Morgan fingerprint density at radius 1 is 1.16 bits per heavy atom. The number of nitrogen functional groups attached to an aromatic ring is 1. The quantitative estimate of drug-likeness (QED) is 0.848. The molecule has 0 heterocycles. The van der Waals surface area contributed by atoms with Crippen LogP contribution in [0.2, 0.25) is 0 Å². The Kier molecular flexibility index (Phi) is 3.44. The third kappa shape index (κ3) is 2.85. The van der Waals surface area contributed by atoms with Gasteiger partial charge >= 0.3 is 0 Å². The molecule has 4 nitrogen and oxygen atoms in total. The molecule has 6 heteroatoms. The zero-order chi connectivity index (χ0) is 14.0. The van der Waals surface area contributed by atoms with Gasteiger partial charge in [-0.1, -0.05) is 18.2 Å². The summed E-state index contributed by atoms with van der Waals surface area (Å²) in [7, 11) is -3.85. The van der Waals surface area contributed by atoms with Crippen LogP contribution in [0.1, 0.15) is 5.56 Å². The van der Waals surface area contributed by atoms with Crippen LogP contribution >= 0.6 is 0 Å². The summed E-state index contributed by atoms with van der Waals surface area (Å²) >= 11 is 0. The maximum Gasteiger partial charge on any atom is 0.262 e. The number of nitrogens with two attached hydrogens (primary N) is 1. The summed E-state index contributed by atoms with van der Waals surface area (Å²) in [6.45, 7) is 1.77. The Hall–Kier alpha value is -2.08. The van der Waals surface area contributed by atoms with Crippen molar-refractivity contribution in [1.82, 2.24) is 0 Å². The molecule has 0 unspecified atom stereocenters. The number of hydrogen-bond acceptors (Lipinski definition) is 3. The molecule has 2 aromatic rings. The van der Waals surface area contributed by atoms with Crippen molar-refractivity contribution in [3.05, 3.63) is 53.8 Å². The van der Waals surface area contributed by atoms with Crippen LogP contribution in [0.15, 0.2) is 47.4 Å². The number of aryl methyl sites for hydroxylation is 1. The van der Waals surface area contributed by atoms with E-state index in [0.29, 0.717) is 5.69 Å². The van der Waals surface area contributed by atoms with E-state index < -0.39 is 15.8 Å². The summed E-state index contributed by atoms with van der Waals surface area (Å²) in [5.41, 5.74) is 6.73. The fraction of sp³-hybridized carbons (Fsp3) is 0.0769. The van der Waals surface area contributed by atoms with Crippen LogP contribution in [0.25, 0.3) is 0 Å². The summed E-state index contributed by atoms with van der Waals surface area (Å²) < 4.78 is 39.8. The zero-order valence-corrected chi connectivity index (χ0v) is 11.0. The monoisotopic (exact) mass is 280 g/mol. The maximum absolute atomic E-state index is 13.4. The number of rotatable bonds is 3. The molecule has 0 aliphatic carbocycles. The van der Waals surface area contributed by atoms with Gasteiger partial charge in [0.25, 0.3) is 10.0 Å². The third-order valence-corrected chi connectivity index (χ3v) is 4.04. The van der Waals surface area contributed by atoms with Gasteiger partial charge in [0.2, 0.25) is 0 Å². The second-order valence-corrected chi connectivity index (χ2v) is 5.79. The number of hydrogen-bond donors (Lipinski definition) is 2. The molecule has 0 amide bonds. The molecule has 2 aromatic carbocycles. The van der Waals surface area contributed by atoms with Gasteiger partial charge in [-0.25, -0.2) is 12.8 Å². The van der Waals surface area contributed by atoms with Crippen molar-refractivity contribution >= 4 is 21.4 Å². The van der Waals surface area contributed by atoms with Gasteiger partial charge in [-0.05, 0) is 36.8 Å². The molecule has 0 radical (unpaired) electrons. The number of anilines is 2. The SMILES string of the molecule is Cc1ccc(S(=O)(=O)Nc2ccccc2F)cc1N. The summed E-state index contributed by atoms with van der Waals surface area (Å²) in [4.78, 5) is -0.00106. The Labute approximate surface area is 111 Å². The maximum atomic E-state index is 13.4. The summed E-state index contributed by atoms with van der Waals surface area (Å²) in [5, 5.41) is 0. The lowest BCUT2D eigenvalue weighted by Crippen LogP contribution is -2.14. The summed E-state index contributed by atoms with van der Waals surface area (Å²) in [5.74, 6) is -0.633. The minimum absolute atomic E-state index is 0.00106. The molecular formula is C13H13FN2O2S. The van der Waals surface area contributed by atoms with E-state index in [-0.39, 0.29) is 10.6 Å². The van der Waals surface area contributed by atoms with Crippen molar-refractivity contribution in [3.8, 4) is 0 Å². The highest BCUT2D eigenvalue weighted by molar-refractivity contribution is 7.92. The van der Waals surface area contributed by atoms with E-state index in [1.54, 1.807) is 19.1 Å². The van der Waals surface area contributed by atoms with E-state index in [0.717, 1.165) is 5.56 Å². The van der Waals surface area contributed by atoms with Crippen molar-refractivity contribution in [2.45, 2.75) is 11.8 Å². The van der Waals surface area contributed by atoms with Gasteiger partial charge in [-0.3, -0.25) is 4.72 Å². The molecule has 100 valence electrons. The molecule has 0 saturated carbocycles. The van der Waals surface area contributed by atoms with E-state index in [9.17, 15) is 12.8 Å². The number of halogens is 1. The Morgan fingerprint density at radius 2 is 1.84 bits per heavy atom. The molecule has 3 N–H and O–H groups in total. The molecule has 0 saturated heterocycles. The van der Waals surface area contributed by atoms with Gasteiger partial charge in [0, 0.05) is 5.69 Å². The zero-order valence-electron chi connectivity index (χ0n) is 10.2. The topological polar surface area (TPSA) is 72.2 Å². The first-order valence-corrected chi connectivity index (χ1v) is 7.02. The predicted octanol–water partition coefficient (Wildman–Crippen LogP) is 2.52. The Bertz CT molecular complexity index is 714. The van der Waals surface area contributed by atoms with E-state index in [2.05, 4.69) is 4.72 Å². The molecule has 0 aromatic heterocycles. The van der Waals surface area contributed by atoms with Crippen molar-refractivity contribution < 1.29 is 12.8 Å². The lowest BCUT2D eigenvalue weighted by Gasteiger charge is -2.10. The van der Waals surface area contributed by atoms with E-state index in [1.807, 2.05) is 0 Å². The average Bonchev–Trinajstić information content (AvgIpc) is 2.35. The van der Waals surface area contributed by atoms with Crippen LogP contribution in [0.4, 0.5) is 15.8 Å². The van der Waals surface area contributed by atoms with Gasteiger partial charge in [-0.15, -0.1) is 0 Å². The van der Waals surface area contributed by atoms with Crippen molar-refractivity contribution in [2.24, 2.45) is 0 Å². The Balaban J connectivity index is 2.38. The standard InChI is InChI=1S/C13H13FN2O2S/c1-9-6-7-10(8-12(9)15)19(17,18)16-13-5-3-2-4-11(13)14/h2-8,16H,15H2,1H3. The van der Waals surface area contributed by atoms with Crippen LogP contribution in [0.5, 0.6) is 0 Å². The van der Waals surface area contributed by atoms with Crippen LogP contribution in [0.3, 0.4) is 0 Å². The molecule has 0 fully saturated rings. The fourth-order valence-corrected chi connectivity index (χ4v) is 2.64. The van der Waals surface area contributed by atoms with Crippen LogP contribution < -0.4 is 10.5 Å². The lowest BCUT2D eigenvalue weighted by atomic mass is 10.2. The second-order valence-electron chi connectivity index (χ2n) is 4.10. The molecule has 0 bridgehead atoms. The van der Waals surface area contributed by atoms with E-state index >= 15 is 0 Å². The smallest absolute Gasteiger partial charge is 0.262 e. The Morgan fingerprint density at radius 3 is 2.47 bits per heavy atom. The fourth-order valence-electron chi connectivity index (χ4n) is 1.53. The van der Waals surface area contributed by atoms with E-state index in [4.69, 9.17) is 5.73 Å². The minimum Gasteiger partial charge on any atom is -0.398 e. The predicted molar refractivity (Wildman–Crippen MR) is 72.8 cm³/mol. The van der Waals surface area contributed by atoms with Gasteiger partial charge in [0.15, 0.2) is 0 Å². The first-order chi connectivity index (χ1) is 8.90. The molecule has 0 spiro atoms. The highest BCUT2D eigenvalue weighted by atomic mass is 32.2. The molecule has 19 heavy (non-hydrogen) atoms. The van der Waals surface area contributed by atoms with Gasteiger partial charge in [0.1, 0.15) is 5.82 Å². The van der Waals surface area contributed by atoms with E-state index in [1.165, 1.54) is 30.3 Å². The van der Waals surface area contributed by atoms with Gasteiger partial charge in [0.05, 0.1) is 10.6 Å². The highest BCUT2D eigenvalue weighted by Gasteiger charge is 2.16. The number of sulfonamides is 1. The van der Waals surface area contributed by atoms with Crippen LogP contribution in [-0.4, -0.2) is 8.42 Å². The number of benzene rings is 2. The second kappa shape index (κ2) is 4.89. The van der Waals surface area contributed by atoms with Crippen molar-refractivity contribution in [2.75, 3.05) is 10.5 Å². The summed E-state index contributed by atoms with van der Waals surface area (Å²) in [6.07, 6.45) is 0. The molecule has 0 atom stereocenters.